The highest BCUT2D eigenvalue weighted by Crippen LogP contribution is 2.26. The molecule has 1 fully saturated rings. The first-order valence-corrected chi connectivity index (χ1v) is 7.73. The molecule has 1 aliphatic heterocycles. The molecule has 0 bridgehead atoms. The first-order valence-electron chi connectivity index (χ1n) is 6.93. The van der Waals surface area contributed by atoms with Gasteiger partial charge in [-0.25, -0.2) is 4.39 Å². The average molecular weight is 329 g/mol. The van der Waals surface area contributed by atoms with Gasteiger partial charge in [0.25, 0.3) is 0 Å². The maximum atomic E-state index is 13.6. The topological polar surface area (TPSA) is 15.3 Å². The Labute approximate surface area is 123 Å². The van der Waals surface area contributed by atoms with Crippen molar-refractivity contribution in [1.82, 2.24) is 4.90 Å². The van der Waals surface area contributed by atoms with Gasteiger partial charge >= 0.3 is 0 Å². The number of nitrogens with zero attached hydrogens (tertiary/aromatic N) is 1. The van der Waals surface area contributed by atoms with Crippen LogP contribution in [0.5, 0.6) is 0 Å². The Morgan fingerprint density at radius 2 is 1.95 bits per heavy atom. The van der Waals surface area contributed by atoms with Crippen molar-refractivity contribution >= 4 is 21.6 Å². The van der Waals surface area contributed by atoms with Gasteiger partial charge in [-0.3, -0.25) is 0 Å². The minimum absolute atomic E-state index is 0.201. The quantitative estimate of drug-likeness (QED) is 0.895. The number of halogens is 2. The van der Waals surface area contributed by atoms with Gasteiger partial charge in [0, 0.05) is 30.9 Å². The first kappa shape index (κ1) is 14.8. The van der Waals surface area contributed by atoms with Crippen LogP contribution in [0.3, 0.4) is 0 Å². The van der Waals surface area contributed by atoms with Crippen LogP contribution in [0.2, 0.25) is 0 Å². The Kier molecular flexibility index (Phi) is 4.85. The second-order valence-electron chi connectivity index (χ2n) is 5.63. The molecule has 1 aromatic carbocycles. The molecule has 1 aromatic rings. The van der Waals surface area contributed by atoms with Crippen LogP contribution in [0.4, 0.5) is 10.1 Å². The van der Waals surface area contributed by atoms with Crippen LogP contribution < -0.4 is 5.32 Å². The van der Waals surface area contributed by atoms with Gasteiger partial charge in [0.05, 0.1) is 4.47 Å². The van der Waals surface area contributed by atoms with Crippen LogP contribution >= 0.6 is 15.9 Å². The predicted molar refractivity (Wildman–Crippen MR) is 82.2 cm³/mol. The molecular formula is C15H22BrFN2. The van der Waals surface area contributed by atoms with Crippen molar-refractivity contribution in [3.8, 4) is 0 Å². The molecule has 0 unspecified atom stereocenters. The number of likely N-dealkylation sites (tertiary alicyclic amines) is 1. The summed E-state index contributed by atoms with van der Waals surface area (Å²) in [4.78, 5) is 2.49. The molecular weight excluding hydrogens is 307 g/mol. The Morgan fingerprint density at radius 1 is 1.32 bits per heavy atom. The number of rotatable bonds is 3. The minimum atomic E-state index is -0.201. The van der Waals surface area contributed by atoms with Gasteiger partial charge in [0.1, 0.15) is 5.82 Å². The third kappa shape index (κ3) is 3.69. The highest BCUT2D eigenvalue weighted by Gasteiger charge is 2.21. The van der Waals surface area contributed by atoms with Crippen LogP contribution in [0.25, 0.3) is 0 Å². The van der Waals surface area contributed by atoms with E-state index in [1.807, 2.05) is 13.0 Å². The number of hydrogen-bond donors (Lipinski definition) is 1. The summed E-state index contributed by atoms with van der Waals surface area (Å²) in [5.41, 5.74) is 2.00. The molecule has 0 saturated carbocycles. The monoisotopic (exact) mass is 328 g/mol. The molecule has 0 atom stereocenters. The van der Waals surface area contributed by atoms with Gasteiger partial charge in [-0.1, -0.05) is 0 Å². The molecule has 1 N–H and O–H groups in total. The fraction of sp³-hybridized carbons (Fsp3) is 0.600. The zero-order chi connectivity index (χ0) is 14.0. The molecule has 0 amide bonds. The summed E-state index contributed by atoms with van der Waals surface area (Å²) >= 11 is 3.22. The fourth-order valence-electron chi connectivity index (χ4n) is 2.58. The lowest BCUT2D eigenvalue weighted by molar-refractivity contribution is 0.177. The van der Waals surface area contributed by atoms with Crippen LogP contribution in [0.15, 0.2) is 16.6 Å². The average Bonchev–Trinajstić information content (AvgIpc) is 2.36. The molecule has 2 nitrogen and oxygen atoms in total. The zero-order valence-corrected chi connectivity index (χ0v) is 13.4. The van der Waals surface area contributed by atoms with Crippen molar-refractivity contribution in [3.05, 3.63) is 28.0 Å². The number of benzene rings is 1. The smallest absolute Gasteiger partial charge is 0.139 e. The molecule has 1 heterocycles. The number of aryl methyl sites for hydroxylation is 1. The summed E-state index contributed by atoms with van der Waals surface area (Å²) < 4.78 is 14.1. The maximum absolute atomic E-state index is 13.6. The van der Waals surface area contributed by atoms with Crippen molar-refractivity contribution in [2.45, 2.75) is 45.7 Å². The van der Waals surface area contributed by atoms with Gasteiger partial charge in [0.15, 0.2) is 0 Å². The molecule has 19 heavy (non-hydrogen) atoms. The zero-order valence-electron chi connectivity index (χ0n) is 11.8. The molecule has 2 rings (SSSR count). The van der Waals surface area contributed by atoms with Crippen LogP contribution in [0.1, 0.15) is 32.3 Å². The second-order valence-corrected chi connectivity index (χ2v) is 6.48. The van der Waals surface area contributed by atoms with E-state index in [2.05, 4.69) is 40.0 Å². The highest BCUT2D eigenvalue weighted by molar-refractivity contribution is 9.10. The van der Waals surface area contributed by atoms with Gasteiger partial charge in [-0.05, 0) is 67.2 Å². The van der Waals surface area contributed by atoms with Crippen molar-refractivity contribution in [1.29, 1.82) is 0 Å². The lowest BCUT2D eigenvalue weighted by Gasteiger charge is -2.35. The summed E-state index contributed by atoms with van der Waals surface area (Å²) in [5.74, 6) is -0.201. The molecule has 1 saturated heterocycles. The van der Waals surface area contributed by atoms with Gasteiger partial charge in [0.2, 0.25) is 0 Å². The van der Waals surface area contributed by atoms with Crippen LogP contribution in [-0.4, -0.2) is 30.1 Å². The van der Waals surface area contributed by atoms with E-state index in [-0.39, 0.29) is 5.82 Å². The van der Waals surface area contributed by atoms with Crippen molar-refractivity contribution < 1.29 is 4.39 Å². The van der Waals surface area contributed by atoms with Crippen LogP contribution in [0, 0.1) is 12.7 Å². The first-order chi connectivity index (χ1) is 8.97. The Morgan fingerprint density at radius 3 is 2.53 bits per heavy atom. The van der Waals surface area contributed by atoms with E-state index in [4.69, 9.17) is 0 Å². The lowest BCUT2D eigenvalue weighted by atomic mass is 10.0. The normalized spacial score (nSPS) is 18.0. The predicted octanol–water partition coefficient (Wildman–Crippen LogP) is 4.18. The summed E-state index contributed by atoms with van der Waals surface area (Å²) in [6.45, 7) is 8.72. The van der Waals surface area contributed by atoms with Gasteiger partial charge in [-0.2, -0.15) is 0 Å². The fourth-order valence-corrected chi connectivity index (χ4v) is 3.04. The molecule has 0 spiro atoms. The van der Waals surface area contributed by atoms with Crippen molar-refractivity contribution in [3.63, 3.8) is 0 Å². The number of anilines is 1. The highest BCUT2D eigenvalue weighted by atomic mass is 79.9. The van der Waals surface area contributed by atoms with E-state index in [1.165, 1.54) is 0 Å². The molecule has 1 aliphatic rings. The minimum Gasteiger partial charge on any atom is -0.382 e. The number of piperidine rings is 1. The van der Waals surface area contributed by atoms with E-state index in [9.17, 15) is 4.39 Å². The molecule has 0 aromatic heterocycles. The third-order valence-corrected chi connectivity index (χ3v) is 4.49. The summed E-state index contributed by atoms with van der Waals surface area (Å²) in [5, 5.41) is 3.49. The van der Waals surface area contributed by atoms with Gasteiger partial charge < -0.3 is 10.2 Å². The summed E-state index contributed by atoms with van der Waals surface area (Å²) in [7, 11) is 0. The van der Waals surface area contributed by atoms with E-state index in [1.54, 1.807) is 6.07 Å². The van der Waals surface area contributed by atoms with E-state index >= 15 is 0 Å². The Hall–Kier alpha value is -0.610. The Bertz CT molecular complexity index is 440. The molecule has 4 heteroatoms. The number of nitrogens with one attached hydrogen (secondary N) is 1. The second kappa shape index (κ2) is 6.23. The summed E-state index contributed by atoms with van der Waals surface area (Å²) in [6.07, 6.45) is 2.24. The molecule has 0 radical (unpaired) electrons. The summed E-state index contributed by atoms with van der Waals surface area (Å²) in [6, 6.07) is 4.50. The molecule has 0 aliphatic carbocycles. The number of hydrogen-bond acceptors (Lipinski definition) is 2. The third-order valence-electron chi connectivity index (χ3n) is 3.89. The van der Waals surface area contributed by atoms with Gasteiger partial charge in [-0.15, -0.1) is 0 Å². The molecule has 106 valence electrons. The van der Waals surface area contributed by atoms with Crippen molar-refractivity contribution in [2.24, 2.45) is 0 Å². The lowest BCUT2D eigenvalue weighted by Crippen LogP contribution is -2.42. The van der Waals surface area contributed by atoms with E-state index < -0.39 is 0 Å². The van der Waals surface area contributed by atoms with Crippen LogP contribution in [-0.2, 0) is 0 Å². The maximum Gasteiger partial charge on any atom is 0.139 e. The van der Waals surface area contributed by atoms with E-state index in [0.29, 0.717) is 16.6 Å². The SMILES string of the molecule is Cc1cc(Br)c(F)cc1NC1CCN(C(C)C)CC1. The largest absolute Gasteiger partial charge is 0.382 e. The Balaban J connectivity index is 1.98. The van der Waals surface area contributed by atoms with Crippen molar-refractivity contribution in [2.75, 3.05) is 18.4 Å². The van der Waals surface area contributed by atoms with E-state index in [0.717, 1.165) is 37.2 Å². The standard InChI is InChI=1S/C15H22BrFN2/c1-10(2)19-6-4-12(5-7-19)18-15-9-14(17)13(16)8-11(15)3/h8-10,12,18H,4-7H2,1-3H3.